The van der Waals surface area contributed by atoms with Crippen LogP contribution in [0.2, 0.25) is 0 Å². The van der Waals surface area contributed by atoms with E-state index in [2.05, 4.69) is 31.0 Å². The zero-order chi connectivity index (χ0) is 25.2. The van der Waals surface area contributed by atoms with Crippen LogP contribution in [0.15, 0.2) is 30.6 Å². The van der Waals surface area contributed by atoms with Crippen LogP contribution in [0.1, 0.15) is 59.0 Å². The van der Waals surface area contributed by atoms with Gasteiger partial charge in [-0.15, -0.1) is 0 Å². The predicted octanol–water partition coefficient (Wildman–Crippen LogP) is 1.39. The third-order valence-corrected chi connectivity index (χ3v) is 6.36. The molecule has 0 aliphatic carbocycles. The number of hydrogen-bond donors (Lipinski definition) is 3. The van der Waals surface area contributed by atoms with Crippen LogP contribution in [0.5, 0.6) is 0 Å². The van der Waals surface area contributed by atoms with Gasteiger partial charge in [0.1, 0.15) is 18.2 Å². The number of amides is 4. The zero-order valence-corrected chi connectivity index (χ0v) is 19.8. The molecular formula is C24H26N8O4. The highest BCUT2D eigenvalue weighted by molar-refractivity contribution is 6.25. The first-order valence-electron chi connectivity index (χ1n) is 12.0. The van der Waals surface area contributed by atoms with Gasteiger partial charge >= 0.3 is 0 Å². The van der Waals surface area contributed by atoms with Gasteiger partial charge < -0.3 is 10.6 Å². The van der Waals surface area contributed by atoms with E-state index in [1.54, 1.807) is 22.7 Å². The van der Waals surface area contributed by atoms with Crippen molar-refractivity contribution < 1.29 is 19.2 Å². The number of piperidine rings is 1. The molecule has 4 heterocycles. The monoisotopic (exact) mass is 490 g/mol. The number of rotatable bonds is 9. The Morgan fingerprint density at radius 3 is 2.67 bits per heavy atom. The second-order valence-electron chi connectivity index (χ2n) is 8.69. The summed E-state index contributed by atoms with van der Waals surface area (Å²) in [5.74, 6) is -0.657. The first kappa shape index (κ1) is 23.4. The first-order valence-corrected chi connectivity index (χ1v) is 12.0. The zero-order valence-electron chi connectivity index (χ0n) is 19.8. The molecule has 1 atom stereocenters. The van der Waals surface area contributed by atoms with Gasteiger partial charge in [0.15, 0.2) is 0 Å². The number of anilines is 2. The lowest BCUT2D eigenvalue weighted by Gasteiger charge is -2.27. The van der Waals surface area contributed by atoms with Gasteiger partial charge in [0, 0.05) is 37.0 Å². The Hall–Kier alpha value is -4.35. The Labute approximate surface area is 206 Å². The summed E-state index contributed by atoms with van der Waals surface area (Å²) in [5.41, 5.74) is 2.02. The van der Waals surface area contributed by atoms with Crippen molar-refractivity contribution in [1.82, 2.24) is 29.8 Å². The lowest BCUT2D eigenvalue weighted by molar-refractivity contribution is -0.136. The number of unbranched alkanes of at least 4 members (excludes halogenated alkanes) is 1. The highest BCUT2D eigenvalue weighted by Gasteiger charge is 2.45. The topological polar surface area (TPSA) is 151 Å². The molecule has 1 unspecified atom stereocenters. The molecule has 5 rings (SSSR count). The maximum Gasteiger partial charge on any atom is 0.264 e. The van der Waals surface area contributed by atoms with E-state index in [1.165, 1.54) is 6.33 Å². The van der Waals surface area contributed by atoms with Crippen molar-refractivity contribution in [3.05, 3.63) is 47.4 Å². The third-order valence-electron chi connectivity index (χ3n) is 6.36. The van der Waals surface area contributed by atoms with Crippen molar-refractivity contribution in [2.75, 3.05) is 23.7 Å². The number of nitrogens with one attached hydrogen (secondary N) is 3. The Morgan fingerprint density at radius 1 is 1.08 bits per heavy atom. The summed E-state index contributed by atoms with van der Waals surface area (Å²) in [4.78, 5) is 59.4. The fourth-order valence-corrected chi connectivity index (χ4v) is 4.52. The van der Waals surface area contributed by atoms with E-state index in [-0.39, 0.29) is 24.0 Å². The maximum atomic E-state index is 13.2. The Bertz CT molecular complexity index is 1370. The van der Waals surface area contributed by atoms with Gasteiger partial charge in [0.25, 0.3) is 17.6 Å². The van der Waals surface area contributed by atoms with Crippen molar-refractivity contribution in [2.24, 2.45) is 0 Å². The molecule has 2 aliphatic heterocycles. The minimum atomic E-state index is -0.980. The molecule has 3 N–H and O–H groups in total. The van der Waals surface area contributed by atoms with E-state index < -0.39 is 29.7 Å². The molecule has 12 heteroatoms. The predicted molar refractivity (Wildman–Crippen MR) is 129 cm³/mol. The van der Waals surface area contributed by atoms with Gasteiger partial charge in [-0.3, -0.25) is 29.4 Å². The van der Waals surface area contributed by atoms with Crippen LogP contribution in [-0.4, -0.2) is 67.2 Å². The van der Waals surface area contributed by atoms with Crippen molar-refractivity contribution in [1.29, 1.82) is 0 Å². The number of aryl methyl sites for hydroxylation is 1. The van der Waals surface area contributed by atoms with Gasteiger partial charge in [-0.25, -0.2) is 4.98 Å². The molecule has 0 radical (unpaired) electrons. The summed E-state index contributed by atoms with van der Waals surface area (Å²) in [6.07, 6.45) is 4.14. The average Bonchev–Trinajstić information content (AvgIpc) is 3.44. The lowest BCUT2D eigenvalue weighted by Crippen LogP contribution is -2.54. The maximum absolute atomic E-state index is 13.2. The normalized spacial score (nSPS) is 17.5. The fraction of sp³-hybridized carbons (Fsp3) is 0.375. The van der Waals surface area contributed by atoms with E-state index in [0.29, 0.717) is 24.6 Å². The van der Waals surface area contributed by atoms with Crippen LogP contribution in [0, 0.1) is 0 Å². The molecule has 186 valence electrons. The molecule has 12 nitrogen and oxygen atoms in total. The van der Waals surface area contributed by atoms with Gasteiger partial charge in [-0.05, 0) is 37.8 Å². The summed E-state index contributed by atoms with van der Waals surface area (Å²) in [5, 5.41) is 13.1. The number of benzene rings is 1. The van der Waals surface area contributed by atoms with E-state index in [4.69, 9.17) is 0 Å². The Kier molecular flexibility index (Phi) is 6.32. The van der Waals surface area contributed by atoms with Crippen LogP contribution < -0.4 is 16.0 Å². The molecule has 1 fully saturated rings. The van der Waals surface area contributed by atoms with E-state index in [9.17, 15) is 19.2 Å². The Morgan fingerprint density at radius 2 is 1.89 bits per heavy atom. The highest BCUT2D eigenvalue weighted by Crippen LogP contribution is 2.32. The van der Waals surface area contributed by atoms with E-state index in [1.807, 2.05) is 13.0 Å². The summed E-state index contributed by atoms with van der Waals surface area (Å²) < 4.78 is 1.67. The average molecular weight is 491 g/mol. The molecule has 0 bridgehead atoms. The number of carbonyl (C=O) groups is 4. The molecule has 3 aromatic rings. The van der Waals surface area contributed by atoms with E-state index >= 15 is 0 Å². The summed E-state index contributed by atoms with van der Waals surface area (Å²) in [7, 11) is 0. The largest absolute Gasteiger partial charge is 0.384 e. The fourth-order valence-electron chi connectivity index (χ4n) is 4.52. The molecule has 2 aliphatic rings. The standard InChI is InChI=1S/C24H26N8O4/c1-2-14-12-18(32-24(29-14)27-13-28-32)26-11-4-3-10-25-16-7-5-6-15-20(16)23(36)31(22(15)35)17-8-9-19(33)30-21(17)34/h5-7,12-13,17,25-26H,2-4,8-11H2,1H3,(H,30,33,34). The second-order valence-corrected chi connectivity index (χ2v) is 8.69. The van der Waals surface area contributed by atoms with Crippen LogP contribution in [-0.2, 0) is 16.0 Å². The molecule has 1 aromatic carbocycles. The first-order chi connectivity index (χ1) is 17.5. The molecule has 0 saturated carbocycles. The number of fused-ring (bicyclic) bond motifs is 2. The number of hydrogen-bond acceptors (Lipinski definition) is 9. The van der Waals surface area contributed by atoms with Crippen LogP contribution in [0.25, 0.3) is 5.78 Å². The van der Waals surface area contributed by atoms with Gasteiger partial charge in [0.2, 0.25) is 11.8 Å². The minimum absolute atomic E-state index is 0.0879. The molecule has 36 heavy (non-hydrogen) atoms. The Balaban J connectivity index is 1.18. The molecule has 2 aromatic heterocycles. The van der Waals surface area contributed by atoms with Crippen molar-refractivity contribution in [3.8, 4) is 0 Å². The molecule has 0 spiro atoms. The summed E-state index contributed by atoms with van der Waals surface area (Å²) in [6.45, 7) is 3.33. The quantitative estimate of drug-likeness (QED) is 0.299. The van der Waals surface area contributed by atoms with Crippen molar-refractivity contribution >= 4 is 40.9 Å². The number of imide groups is 2. The summed E-state index contributed by atoms with van der Waals surface area (Å²) in [6, 6.07) is 6.03. The SMILES string of the molecule is CCc1cc(NCCCCNc2cccc3c2C(=O)N(C2CCC(=O)NC2=O)C3=O)n2ncnc2n1. The molecular weight excluding hydrogens is 464 g/mol. The lowest BCUT2D eigenvalue weighted by atomic mass is 10.0. The minimum Gasteiger partial charge on any atom is -0.384 e. The number of aromatic nitrogens is 4. The van der Waals surface area contributed by atoms with E-state index in [0.717, 1.165) is 35.7 Å². The van der Waals surface area contributed by atoms with Crippen molar-refractivity contribution in [2.45, 2.75) is 45.1 Å². The van der Waals surface area contributed by atoms with Crippen LogP contribution >= 0.6 is 0 Å². The number of carbonyl (C=O) groups excluding carboxylic acids is 4. The number of nitrogens with zero attached hydrogens (tertiary/aromatic N) is 5. The smallest absolute Gasteiger partial charge is 0.264 e. The molecule has 4 amide bonds. The highest BCUT2D eigenvalue weighted by atomic mass is 16.2. The van der Waals surface area contributed by atoms with Gasteiger partial charge in [-0.2, -0.15) is 14.6 Å². The van der Waals surface area contributed by atoms with Crippen molar-refractivity contribution in [3.63, 3.8) is 0 Å². The van der Waals surface area contributed by atoms with Gasteiger partial charge in [0.05, 0.1) is 11.1 Å². The van der Waals surface area contributed by atoms with Gasteiger partial charge in [-0.1, -0.05) is 13.0 Å². The molecule has 1 saturated heterocycles. The van der Waals surface area contributed by atoms with Crippen LogP contribution in [0.4, 0.5) is 11.5 Å². The second kappa shape index (κ2) is 9.72. The van der Waals surface area contributed by atoms with Crippen LogP contribution in [0.3, 0.4) is 0 Å². The summed E-state index contributed by atoms with van der Waals surface area (Å²) >= 11 is 0. The third kappa shape index (κ3) is 4.25.